The number of hydrogen-bond donors (Lipinski definition) is 3. The molecule has 16 heavy (non-hydrogen) atoms. The highest BCUT2D eigenvalue weighted by molar-refractivity contribution is 5.36. The summed E-state index contributed by atoms with van der Waals surface area (Å²) < 4.78 is 0. The van der Waals surface area contributed by atoms with Gasteiger partial charge in [0.2, 0.25) is 11.8 Å². The van der Waals surface area contributed by atoms with E-state index < -0.39 is 0 Å². The molecule has 6 nitrogen and oxygen atoms in total. The maximum Gasteiger partial charge on any atom is 0.259 e. The molecule has 1 fully saturated rings. The molecular formula is C10H16N4O2. The van der Waals surface area contributed by atoms with Gasteiger partial charge >= 0.3 is 0 Å². The third kappa shape index (κ3) is 2.01. The van der Waals surface area contributed by atoms with Crippen molar-refractivity contribution in [3.63, 3.8) is 0 Å². The molecule has 1 aromatic heterocycles. The Bertz CT molecular complexity index is 423. The zero-order valence-electron chi connectivity index (χ0n) is 9.29. The van der Waals surface area contributed by atoms with Gasteiger partial charge in [-0.2, -0.15) is 4.98 Å². The van der Waals surface area contributed by atoms with Gasteiger partial charge in [-0.1, -0.05) is 6.92 Å². The van der Waals surface area contributed by atoms with Crippen molar-refractivity contribution in [3.05, 3.63) is 15.9 Å². The highest BCUT2D eigenvalue weighted by Gasteiger charge is 2.15. The second-order valence-corrected chi connectivity index (χ2v) is 3.78. The van der Waals surface area contributed by atoms with Crippen molar-refractivity contribution in [1.82, 2.24) is 15.3 Å². The first-order chi connectivity index (χ1) is 7.72. The van der Waals surface area contributed by atoms with Crippen LogP contribution in [-0.2, 0) is 6.42 Å². The Morgan fingerprint density at radius 2 is 2.12 bits per heavy atom. The lowest BCUT2D eigenvalue weighted by Crippen LogP contribution is -2.44. The Morgan fingerprint density at radius 1 is 1.44 bits per heavy atom. The zero-order chi connectivity index (χ0) is 11.5. The molecule has 6 heteroatoms. The zero-order valence-corrected chi connectivity index (χ0v) is 9.29. The number of H-pyrrole nitrogens is 1. The molecule has 1 aliphatic heterocycles. The van der Waals surface area contributed by atoms with Crippen LogP contribution in [0.4, 0.5) is 5.95 Å². The smallest absolute Gasteiger partial charge is 0.259 e. The van der Waals surface area contributed by atoms with Crippen molar-refractivity contribution in [2.75, 3.05) is 31.1 Å². The topological polar surface area (TPSA) is 81.2 Å². The second kappa shape index (κ2) is 4.52. The lowest BCUT2D eigenvalue weighted by molar-refractivity contribution is 0.442. The third-order valence-corrected chi connectivity index (χ3v) is 2.75. The van der Waals surface area contributed by atoms with Crippen LogP contribution in [0.15, 0.2) is 4.79 Å². The van der Waals surface area contributed by atoms with Gasteiger partial charge in [0, 0.05) is 26.2 Å². The van der Waals surface area contributed by atoms with E-state index in [1.165, 1.54) is 0 Å². The molecule has 0 aliphatic carbocycles. The first-order valence-corrected chi connectivity index (χ1v) is 5.50. The predicted molar refractivity (Wildman–Crippen MR) is 61.0 cm³/mol. The van der Waals surface area contributed by atoms with E-state index in [2.05, 4.69) is 15.3 Å². The molecule has 1 aliphatic rings. The third-order valence-electron chi connectivity index (χ3n) is 2.75. The van der Waals surface area contributed by atoms with Gasteiger partial charge in [-0.05, 0) is 6.42 Å². The lowest BCUT2D eigenvalue weighted by atomic mass is 10.2. The Morgan fingerprint density at radius 3 is 2.69 bits per heavy atom. The minimum atomic E-state index is -0.247. The van der Waals surface area contributed by atoms with Crippen molar-refractivity contribution in [1.29, 1.82) is 0 Å². The molecule has 1 saturated heterocycles. The summed E-state index contributed by atoms with van der Waals surface area (Å²) in [4.78, 5) is 20.3. The van der Waals surface area contributed by atoms with Crippen molar-refractivity contribution in [2.24, 2.45) is 0 Å². The normalized spacial score (nSPS) is 16.4. The van der Waals surface area contributed by atoms with E-state index in [-0.39, 0.29) is 11.4 Å². The Hall–Kier alpha value is -1.56. The number of anilines is 1. The Kier molecular flexibility index (Phi) is 3.09. The second-order valence-electron chi connectivity index (χ2n) is 3.78. The quantitative estimate of drug-likeness (QED) is 0.628. The van der Waals surface area contributed by atoms with Crippen LogP contribution in [0.1, 0.15) is 12.5 Å². The highest BCUT2D eigenvalue weighted by atomic mass is 16.3. The van der Waals surface area contributed by atoms with Gasteiger partial charge in [-0.15, -0.1) is 0 Å². The predicted octanol–water partition coefficient (Wildman–Crippen LogP) is -0.553. The molecular weight excluding hydrogens is 208 g/mol. The van der Waals surface area contributed by atoms with Gasteiger partial charge < -0.3 is 15.3 Å². The minimum absolute atomic E-state index is 0.153. The number of aromatic hydroxyl groups is 1. The molecule has 0 bridgehead atoms. The number of rotatable bonds is 2. The van der Waals surface area contributed by atoms with Crippen molar-refractivity contribution in [2.45, 2.75) is 13.3 Å². The Labute approximate surface area is 93.3 Å². The minimum Gasteiger partial charge on any atom is -0.493 e. The van der Waals surface area contributed by atoms with E-state index in [0.29, 0.717) is 17.9 Å². The summed E-state index contributed by atoms with van der Waals surface area (Å²) in [6.45, 7) is 5.11. The van der Waals surface area contributed by atoms with Crippen molar-refractivity contribution >= 4 is 5.95 Å². The van der Waals surface area contributed by atoms with Crippen molar-refractivity contribution in [3.8, 4) is 5.88 Å². The monoisotopic (exact) mass is 224 g/mol. The molecule has 0 unspecified atom stereocenters. The number of hydrogen-bond acceptors (Lipinski definition) is 5. The van der Waals surface area contributed by atoms with Gasteiger partial charge in [0.05, 0.1) is 5.56 Å². The molecule has 88 valence electrons. The van der Waals surface area contributed by atoms with Gasteiger partial charge in [0.25, 0.3) is 5.56 Å². The molecule has 2 rings (SSSR count). The van der Waals surface area contributed by atoms with Crippen molar-refractivity contribution < 1.29 is 5.11 Å². The SMILES string of the molecule is CCc1c(O)nc(N2CCNCC2)[nH]c1=O. The molecule has 0 saturated carbocycles. The molecule has 0 radical (unpaired) electrons. The number of nitrogens with zero attached hydrogens (tertiary/aromatic N) is 2. The number of aromatic nitrogens is 2. The Balaban J connectivity index is 2.31. The van der Waals surface area contributed by atoms with Gasteiger partial charge in [-0.3, -0.25) is 9.78 Å². The van der Waals surface area contributed by atoms with E-state index in [1.54, 1.807) is 0 Å². The summed E-state index contributed by atoms with van der Waals surface area (Å²) in [5, 5.41) is 12.8. The molecule has 2 heterocycles. The molecule has 1 aromatic rings. The summed E-state index contributed by atoms with van der Waals surface area (Å²) in [6.07, 6.45) is 0.482. The van der Waals surface area contributed by atoms with Crippen LogP contribution in [-0.4, -0.2) is 41.3 Å². The van der Waals surface area contributed by atoms with Crippen LogP contribution in [0.2, 0.25) is 0 Å². The fourth-order valence-corrected chi connectivity index (χ4v) is 1.82. The number of aromatic amines is 1. The standard InChI is InChI=1S/C10H16N4O2/c1-2-7-8(15)12-10(13-9(7)16)14-5-3-11-4-6-14/h11H,2-6H2,1H3,(H2,12,13,15,16). The van der Waals surface area contributed by atoms with Crippen LogP contribution in [0.25, 0.3) is 0 Å². The molecule has 0 amide bonds. The van der Waals surface area contributed by atoms with E-state index in [0.717, 1.165) is 26.2 Å². The summed E-state index contributed by atoms with van der Waals surface area (Å²) >= 11 is 0. The summed E-state index contributed by atoms with van der Waals surface area (Å²) in [5.74, 6) is 0.306. The van der Waals surface area contributed by atoms with Crippen LogP contribution < -0.4 is 15.8 Å². The fourth-order valence-electron chi connectivity index (χ4n) is 1.82. The maximum atomic E-state index is 11.6. The first kappa shape index (κ1) is 10.9. The van der Waals surface area contributed by atoms with Gasteiger partial charge in [0.1, 0.15) is 0 Å². The molecule has 0 aromatic carbocycles. The van der Waals surface area contributed by atoms with E-state index >= 15 is 0 Å². The average Bonchev–Trinajstić information content (AvgIpc) is 2.30. The molecule has 0 atom stereocenters. The fraction of sp³-hybridized carbons (Fsp3) is 0.600. The molecule has 3 N–H and O–H groups in total. The van der Waals surface area contributed by atoms with Crippen LogP contribution in [0, 0.1) is 0 Å². The highest BCUT2D eigenvalue weighted by Crippen LogP contribution is 2.14. The first-order valence-electron chi connectivity index (χ1n) is 5.50. The summed E-state index contributed by atoms with van der Waals surface area (Å²) in [5.41, 5.74) is 0.0995. The molecule has 0 spiro atoms. The van der Waals surface area contributed by atoms with Gasteiger partial charge in [0.15, 0.2) is 0 Å². The maximum absolute atomic E-state index is 11.6. The van der Waals surface area contributed by atoms with E-state index in [1.807, 2.05) is 11.8 Å². The summed E-state index contributed by atoms with van der Waals surface area (Å²) in [6, 6.07) is 0. The van der Waals surface area contributed by atoms with E-state index in [4.69, 9.17) is 0 Å². The number of nitrogens with one attached hydrogen (secondary N) is 2. The number of piperazine rings is 1. The van der Waals surface area contributed by atoms with Crippen LogP contribution in [0.5, 0.6) is 5.88 Å². The van der Waals surface area contributed by atoms with Gasteiger partial charge in [-0.25, -0.2) is 0 Å². The average molecular weight is 224 g/mol. The largest absolute Gasteiger partial charge is 0.493 e. The summed E-state index contributed by atoms with van der Waals surface area (Å²) in [7, 11) is 0. The lowest BCUT2D eigenvalue weighted by Gasteiger charge is -2.27. The van der Waals surface area contributed by atoms with E-state index in [9.17, 15) is 9.90 Å². The van der Waals surface area contributed by atoms with Crippen LogP contribution >= 0.6 is 0 Å². The van der Waals surface area contributed by atoms with Crippen LogP contribution in [0.3, 0.4) is 0 Å².